The van der Waals surface area contributed by atoms with Crippen molar-refractivity contribution in [3.8, 4) is 0 Å². The van der Waals surface area contributed by atoms with E-state index in [1.54, 1.807) is 12.4 Å². The van der Waals surface area contributed by atoms with Crippen molar-refractivity contribution in [2.24, 2.45) is 0 Å². The molecule has 0 aliphatic rings. The highest BCUT2D eigenvalue weighted by Gasteiger charge is 1.99. The van der Waals surface area contributed by atoms with E-state index in [0.29, 0.717) is 0 Å². The Hall–Kier alpha value is -1.90. The standard InChI is InChI=1S/C10H7N3/c1-2-8-9(11-4-1)3-6-13-7-5-12-10(8)13/h1-7H. The van der Waals surface area contributed by atoms with Crippen molar-refractivity contribution < 1.29 is 0 Å². The van der Waals surface area contributed by atoms with Crippen LogP contribution in [0.15, 0.2) is 43.0 Å². The average molecular weight is 169 g/mol. The number of aromatic nitrogens is 3. The molecule has 0 amide bonds. The zero-order chi connectivity index (χ0) is 8.67. The molecule has 3 heteroatoms. The lowest BCUT2D eigenvalue weighted by atomic mass is 10.2. The van der Waals surface area contributed by atoms with Crippen LogP contribution in [0.4, 0.5) is 0 Å². The van der Waals surface area contributed by atoms with Crippen molar-refractivity contribution >= 4 is 16.6 Å². The normalized spacial score (nSPS) is 11.1. The summed E-state index contributed by atoms with van der Waals surface area (Å²) in [6, 6.07) is 5.95. The molecule has 0 unspecified atom stereocenters. The third kappa shape index (κ3) is 0.839. The second kappa shape index (κ2) is 2.29. The molecule has 0 N–H and O–H groups in total. The van der Waals surface area contributed by atoms with E-state index in [4.69, 9.17) is 0 Å². The van der Waals surface area contributed by atoms with Gasteiger partial charge in [0.1, 0.15) is 5.65 Å². The van der Waals surface area contributed by atoms with Crippen LogP contribution in [-0.4, -0.2) is 14.4 Å². The molecular weight excluding hydrogens is 162 g/mol. The van der Waals surface area contributed by atoms with Gasteiger partial charge in [0.2, 0.25) is 0 Å². The molecule has 0 saturated heterocycles. The summed E-state index contributed by atoms with van der Waals surface area (Å²) in [5.74, 6) is 0. The summed E-state index contributed by atoms with van der Waals surface area (Å²) in [6.07, 6.45) is 7.49. The van der Waals surface area contributed by atoms with Gasteiger partial charge in [-0.2, -0.15) is 0 Å². The molecular formula is C10H7N3. The first-order valence-corrected chi connectivity index (χ1v) is 4.11. The molecule has 0 atom stereocenters. The van der Waals surface area contributed by atoms with Crippen molar-refractivity contribution in [3.63, 3.8) is 0 Å². The van der Waals surface area contributed by atoms with E-state index in [2.05, 4.69) is 9.97 Å². The van der Waals surface area contributed by atoms with Crippen molar-refractivity contribution in [2.75, 3.05) is 0 Å². The van der Waals surface area contributed by atoms with Crippen LogP contribution < -0.4 is 0 Å². The third-order valence-electron chi connectivity index (χ3n) is 2.14. The highest BCUT2D eigenvalue weighted by atomic mass is 15.0. The minimum Gasteiger partial charge on any atom is -0.306 e. The van der Waals surface area contributed by atoms with Crippen LogP contribution in [-0.2, 0) is 0 Å². The van der Waals surface area contributed by atoms with Gasteiger partial charge in [-0.1, -0.05) is 0 Å². The van der Waals surface area contributed by atoms with Crippen molar-refractivity contribution in [1.82, 2.24) is 14.4 Å². The number of hydrogen-bond donors (Lipinski definition) is 0. The molecule has 0 bridgehead atoms. The summed E-state index contributed by atoms with van der Waals surface area (Å²) >= 11 is 0. The van der Waals surface area contributed by atoms with Crippen LogP contribution in [0.2, 0.25) is 0 Å². The molecule has 3 aromatic rings. The molecule has 0 aromatic carbocycles. The van der Waals surface area contributed by atoms with Crippen molar-refractivity contribution in [2.45, 2.75) is 0 Å². The monoisotopic (exact) mass is 169 g/mol. The van der Waals surface area contributed by atoms with E-state index < -0.39 is 0 Å². The van der Waals surface area contributed by atoms with Crippen molar-refractivity contribution in [1.29, 1.82) is 0 Å². The molecule has 0 saturated carbocycles. The molecule has 0 spiro atoms. The van der Waals surface area contributed by atoms with Crippen LogP contribution in [0.25, 0.3) is 16.6 Å². The Morgan fingerprint density at radius 1 is 1.00 bits per heavy atom. The largest absolute Gasteiger partial charge is 0.306 e. The number of nitrogens with zero attached hydrogens (tertiary/aromatic N) is 3. The van der Waals surface area contributed by atoms with E-state index >= 15 is 0 Å². The smallest absolute Gasteiger partial charge is 0.146 e. The fraction of sp³-hybridized carbons (Fsp3) is 0. The minimum atomic E-state index is 0.964. The Labute approximate surface area is 74.7 Å². The zero-order valence-electron chi connectivity index (χ0n) is 6.88. The Morgan fingerprint density at radius 2 is 2.00 bits per heavy atom. The van der Waals surface area contributed by atoms with Gasteiger partial charge in [0.05, 0.1) is 5.52 Å². The minimum absolute atomic E-state index is 0.964. The predicted octanol–water partition coefficient (Wildman–Crippen LogP) is 1.88. The maximum Gasteiger partial charge on any atom is 0.146 e. The van der Waals surface area contributed by atoms with Crippen LogP contribution in [0.5, 0.6) is 0 Å². The fourth-order valence-electron chi connectivity index (χ4n) is 1.53. The number of rotatable bonds is 0. The second-order valence-electron chi connectivity index (χ2n) is 2.91. The molecule has 13 heavy (non-hydrogen) atoms. The number of hydrogen-bond acceptors (Lipinski definition) is 2. The third-order valence-corrected chi connectivity index (χ3v) is 2.14. The summed E-state index contributed by atoms with van der Waals surface area (Å²) in [6.45, 7) is 0. The molecule has 3 aromatic heterocycles. The molecule has 0 radical (unpaired) electrons. The summed E-state index contributed by atoms with van der Waals surface area (Å²) < 4.78 is 1.99. The molecule has 3 rings (SSSR count). The van der Waals surface area contributed by atoms with Gasteiger partial charge in [0.15, 0.2) is 0 Å². The lowest BCUT2D eigenvalue weighted by Gasteiger charge is -1.97. The van der Waals surface area contributed by atoms with E-state index in [0.717, 1.165) is 16.6 Å². The first-order chi connectivity index (χ1) is 6.45. The molecule has 62 valence electrons. The zero-order valence-corrected chi connectivity index (χ0v) is 6.88. The first kappa shape index (κ1) is 6.60. The summed E-state index contributed by atoms with van der Waals surface area (Å²) in [4.78, 5) is 8.53. The maximum absolute atomic E-state index is 4.27. The molecule has 0 fully saturated rings. The van der Waals surface area contributed by atoms with E-state index in [9.17, 15) is 0 Å². The van der Waals surface area contributed by atoms with Crippen LogP contribution in [0.1, 0.15) is 0 Å². The average Bonchev–Trinajstić information content (AvgIpc) is 2.65. The second-order valence-corrected chi connectivity index (χ2v) is 2.91. The van der Waals surface area contributed by atoms with Crippen LogP contribution in [0.3, 0.4) is 0 Å². The van der Waals surface area contributed by atoms with Gasteiger partial charge in [0, 0.05) is 30.2 Å². The van der Waals surface area contributed by atoms with E-state index in [1.807, 2.05) is 35.0 Å². The Bertz CT molecular complexity index is 568. The lowest BCUT2D eigenvalue weighted by molar-refractivity contribution is 1.20. The summed E-state index contributed by atoms with van der Waals surface area (Å²) in [5, 5.41) is 1.09. The van der Waals surface area contributed by atoms with Gasteiger partial charge in [0.25, 0.3) is 0 Å². The number of imidazole rings is 1. The molecule has 0 aliphatic carbocycles. The van der Waals surface area contributed by atoms with Gasteiger partial charge in [-0.25, -0.2) is 4.98 Å². The van der Waals surface area contributed by atoms with Gasteiger partial charge in [-0.05, 0) is 18.2 Å². The van der Waals surface area contributed by atoms with Gasteiger partial charge >= 0.3 is 0 Å². The Balaban J connectivity index is 2.65. The fourth-order valence-corrected chi connectivity index (χ4v) is 1.53. The molecule has 3 nitrogen and oxygen atoms in total. The molecule has 3 heterocycles. The van der Waals surface area contributed by atoms with E-state index in [-0.39, 0.29) is 0 Å². The quantitative estimate of drug-likeness (QED) is 0.514. The van der Waals surface area contributed by atoms with Crippen molar-refractivity contribution in [3.05, 3.63) is 43.0 Å². The maximum atomic E-state index is 4.27. The van der Waals surface area contributed by atoms with Gasteiger partial charge < -0.3 is 4.40 Å². The highest BCUT2D eigenvalue weighted by Crippen LogP contribution is 2.15. The topological polar surface area (TPSA) is 30.2 Å². The number of fused-ring (bicyclic) bond motifs is 3. The summed E-state index contributed by atoms with van der Waals surface area (Å²) in [7, 11) is 0. The first-order valence-electron chi connectivity index (χ1n) is 4.11. The Morgan fingerprint density at radius 3 is 3.00 bits per heavy atom. The lowest BCUT2D eigenvalue weighted by Crippen LogP contribution is -1.85. The Kier molecular flexibility index (Phi) is 1.16. The van der Waals surface area contributed by atoms with Crippen LogP contribution >= 0.6 is 0 Å². The van der Waals surface area contributed by atoms with Crippen LogP contribution in [0, 0.1) is 0 Å². The SMILES string of the molecule is c1cnc2ccn3ccnc3c2c1. The highest BCUT2D eigenvalue weighted by molar-refractivity contribution is 5.90. The summed E-state index contributed by atoms with van der Waals surface area (Å²) in [5.41, 5.74) is 1.95. The number of pyridine rings is 2. The predicted molar refractivity (Wildman–Crippen MR) is 50.5 cm³/mol. The van der Waals surface area contributed by atoms with Gasteiger partial charge in [-0.15, -0.1) is 0 Å². The van der Waals surface area contributed by atoms with E-state index in [1.165, 1.54) is 0 Å². The van der Waals surface area contributed by atoms with Gasteiger partial charge in [-0.3, -0.25) is 4.98 Å². The molecule has 0 aliphatic heterocycles.